The number of imidazole rings is 1. The summed E-state index contributed by atoms with van der Waals surface area (Å²) in [7, 11) is 1.91. The molecule has 0 unspecified atom stereocenters. The Morgan fingerprint density at radius 2 is 2.00 bits per heavy atom. The largest absolute Gasteiger partial charge is 0.317 e. The van der Waals surface area contributed by atoms with Crippen molar-refractivity contribution in [2.45, 2.75) is 6.54 Å². The van der Waals surface area contributed by atoms with Crippen LogP contribution >= 0.6 is 0 Å². The molecule has 90 valence electrons. The van der Waals surface area contributed by atoms with Gasteiger partial charge in [0, 0.05) is 7.05 Å². The van der Waals surface area contributed by atoms with E-state index in [0.29, 0.717) is 12.4 Å². The molecule has 18 heavy (non-hydrogen) atoms. The van der Waals surface area contributed by atoms with Crippen LogP contribution in [0.3, 0.4) is 0 Å². The second-order valence-electron chi connectivity index (χ2n) is 4.27. The van der Waals surface area contributed by atoms with E-state index in [4.69, 9.17) is 5.73 Å². The van der Waals surface area contributed by atoms with Crippen LogP contribution in [0.1, 0.15) is 5.56 Å². The molecule has 2 heterocycles. The van der Waals surface area contributed by atoms with Crippen LogP contribution in [-0.2, 0) is 13.6 Å². The summed E-state index contributed by atoms with van der Waals surface area (Å²) in [5.74, 6) is 0.643. The van der Waals surface area contributed by atoms with Gasteiger partial charge >= 0.3 is 0 Å². The number of nitrogens with two attached hydrogens (primary N) is 1. The molecule has 3 aromatic rings. The Kier molecular flexibility index (Phi) is 2.44. The fourth-order valence-electron chi connectivity index (χ4n) is 1.99. The van der Waals surface area contributed by atoms with Crippen LogP contribution in [0.5, 0.6) is 0 Å². The number of hydrogen-bond acceptors (Lipinski definition) is 3. The Hall–Kier alpha value is -2.43. The third kappa shape index (κ3) is 1.69. The quantitative estimate of drug-likeness (QED) is 0.677. The summed E-state index contributed by atoms with van der Waals surface area (Å²) in [4.78, 5) is 8.66. The van der Waals surface area contributed by atoms with Gasteiger partial charge in [-0.1, -0.05) is 35.3 Å². The minimum absolute atomic E-state index is 0.643. The van der Waals surface area contributed by atoms with Crippen LogP contribution in [0.15, 0.2) is 43.0 Å². The van der Waals surface area contributed by atoms with E-state index in [1.54, 1.807) is 12.7 Å². The zero-order valence-electron chi connectivity index (χ0n) is 10.1. The van der Waals surface area contributed by atoms with Crippen LogP contribution in [0.25, 0.3) is 11.2 Å². The molecule has 5 heteroatoms. The van der Waals surface area contributed by atoms with E-state index in [0.717, 1.165) is 11.2 Å². The Morgan fingerprint density at radius 1 is 1.22 bits per heavy atom. The second-order valence-corrected chi connectivity index (χ2v) is 4.27. The van der Waals surface area contributed by atoms with Crippen molar-refractivity contribution in [2.75, 3.05) is 5.73 Å². The Balaban J connectivity index is 2.05. The first kappa shape index (κ1) is 10.7. The van der Waals surface area contributed by atoms with Gasteiger partial charge < -0.3 is 10.3 Å². The normalized spacial score (nSPS) is 10.9. The Morgan fingerprint density at radius 3 is 2.78 bits per heavy atom. The molecular weight excluding hydrogens is 226 g/mol. The third-order valence-corrected chi connectivity index (χ3v) is 2.97. The van der Waals surface area contributed by atoms with E-state index in [2.05, 4.69) is 22.1 Å². The first-order valence-corrected chi connectivity index (χ1v) is 5.74. The first-order valence-electron chi connectivity index (χ1n) is 5.74. The van der Waals surface area contributed by atoms with Crippen molar-refractivity contribution < 1.29 is 4.57 Å². The minimum Gasteiger partial charge on any atom is -0.317 e. The number of anilines is 1. The smallest absolute Gasteiger partial charge is 0.251 e. The highest BCUT2D eigenvalue weighted by Crippen LogP contribution is 2.12. The summed E-state index contributed by atoms with van der Waals surface area (Å²) in [5, 5.41) is 0. The van der Waals surface area contributed by atoms with E-state index in [-0.39, 0.29) is 0 Å². The van der Waals surface area contributed by atoms with Gasteiger partial charge in [0.15, 0.2) is 5.52 Å². The highest BCUT2D eigenvalue weighted by Gasteiger charge is 2.15. The average molecular weight is 240 g/mol. The zero-order valence-corrected chi connectivity index (χ0v) is 10.1. The van der Waals surface area contributed by atoms with E-state index < -0.39 is 0 Å². The van der Waals surface area contributed by atoms with Gasteiger partial charge in [-0.15, -0.1) is 0 Å². The predicted molar refractivity (Wildman–Crippen MR) is 68.7 cm³/mol. The lowest BCUT2D eigenvalue weighted by atomic mass is 10.2. The van der Waals surface area contributed by atoms with Crippen molar-refractivity contribution in [3.8, 4) is 0 Å². The summed E-state index contributed by atoms with van der Waals surface area (Å²) >= 11 is 0. The topological polar surface area (TPSA) is 60.6 Å². The molecule has 0 spiro atoms. The van der Waals surface area contributed by atoms with E-state index >= 15 is 0 Å². The van der Waals surface area contributed by atoms with Gasteiger partial charge in [-0.2, -0.15) is 0 Å². The van der Waals surface area contributed by atoms with E-state index in [1.165, 1.54) is 5.56 Å². The van der Waals surface area contributed by atoms with Crippen LogP contribution in [0.4, 0.5) is 5.82 Å². The van der Waals surface area contributed by atoms with Gasteiger partial charge in [-0.05, 0) is 5.56 Å². The SMILES string of the molecule is Cn1cnc2c(N)[n+](Cc3ccccc3)cnc21. The molecule has 2 aromatic heterocycles. The summed E-state index contributed by atoms with van der Waals surface area (Å²) in [6.07, 6.45) is 3.48. The van der Waals surface area contributed by atoms with Gasteiger partial charge in [0.25, 0.3) is 5.82 Å². The summed E-state index contributed by atoms with van der Waals surface area (Å²) in [6.45, 7) is 0.701. The third-order valence-electron chi connectivity index (χ3n) is 2.97. The first-order chi connectivity index (χ1) is 8.75. The highest BCUT2D eigenvalue weighted by molar-refractivity contribution is 5.79. The summed E-state index contributed by atoms with van der Waals surface area (Å²) in [5.41, 5.74) is 8.86. The number of nitrogens with zero attached hydrogens (tertiary/aromatic N) is 4. The van der Waals surface area contributed by atoms with Crippen molar-refractivity contribution in [3.63, 3.8) is 0 Å². The van der Waals surface area contributed by atoms with Crippen molar-refractivity contribution in [1.82, 2.24) is 14.5 Å². The molecule has 1 aromatic carbocycles. The van der Waals surface area contributed by atoms with E-state index in [1.807, 2.05) is 34.4 Å². The molecule has 5 nitrogen and oxygen atoms in total. The predicted octanol–water partition coefficient (Wildman–Crippen LogP) is 0.886. The molecule has 0 aliphatic rings. The van der Waals surface area contributed by atoms with Crippen LogP contribution < -0.4 is 10.3 Å². The number of aromatic nitrogens is 4. The lowest BCUT2D eigenvalue weighted by molar-refractivity contribution is -0.675. The standard InChI is InChI=1S/C13H13N5/c1-17-8-15-11-12(14)18(9-16-13(11)17)7-10-5-3-2-4-6-10/h2-6,8-9,14H,7H2,1H3/p+1. The Labute approximate surface area is 105 Å². The lowest BCUT2D eigenvalue weighted by Gasteiger charge is -2.03. The maximum absolute atomic E-state index is 6.13. The fourth-order valence-corrected chi connectivity index (χ4v) is 1.99. The van der Waals surface area contributed by atoms with Crippen LogP contribution in [-0.4, -0.2) is 14.5 Å². The second kappa shape index (κ2) is 4.10. The van der Waals surface area contributed by atoms with Crippen molar-refractivity contribution in [1.29, 1.82) is 0 Å². The molecule has 0 bridgehead atoms. The van der Waals surface area contributed by atoms with Gasteiger partial charge in [0.2, 0.25) is 12.0 Å². The van der Waals surface area contributed by atoms with Gasteiger partial charge in [0.1, 0.15) is 0 Å². The fraction of sp³-hybridized carbons (Fsp3) is 0.154. The molecule has 0 saturated heterocycles. The monoisotopic (exact) mass is 240 g/mol. The lowest BCUT2D eigenvalue weighted by Crippen LogP contribution is -2.38. The Bertz CT molecular complexity index is 687. The molecule has 0 radical (unpaired) electrons. The molecule has 0 atom stereocenters. The van der Waals surface area contributed by atoms with Gasteiger partial charge in [-0.3, -0.25) is 0 Å². The summed E-state index contributed by atoms with van der Waals surface area (Å²) < 4.78 is 3.77. The molecule has 0 aliphatic heterocycles. The molecule has 0 fully saturated rings. The number of rotatable bonds is 2. The maximum Gasteiger partial charge on any atom is 0.251 e. The van der Waals surface area contributed by atoms with Crippen LogP contribution in [0.2, 0.25) is 0 Å². The van der Waals surface area contributed by atoms with Crippen molar-refractivity contribution in [3.05, 3.63) is 48.5 Å². The molecular formula is C13H14N5+. The zero-order chi connectivity index (χ0) is 12.5. The molecule has 0 aliphatic carbocycles. The summed E-state index contributed by atoms with van der Waals surface area (Å²) in [6, 6.07) is 10.2. The van der Waals surface area contributed by atoms with Gasteiger partial charge in [-0.25, -0.2) is 9.55 Å². The minimum atomic E-state index is 0.643. The van der Waals surface area contributed by atoms with Crippen molar-refractivity contribution in [2.24, 2.45) is 7.05 Å². The molecule has 0 saturated carbocycles. The highest BCUT2D eigenvalue weighted by atomic mass is 15.2. The maximum atomic E-state index is 6.13. The number of nitrogen functional groups attached to an aromatic ring is 1. The molecule has 3 rings (SSSR count). The number of aryl methyl sites for hydroxylation is 1. The van der Waals surface area contributed by atoms with Gasteiger partial charge in [0.05, 0.1) is 12.9 Å². The van der Waals surface area contributed by atoms with Crippen molar-refractivity contribution >= 4 is 17.0 Å². The number of fused-ring (bicyclic) bond motifs is 1. The van der Waals surface area contributed by atoms with Crippen LogP contribution in [0, 0.1) is 0 Å². The average Bonchev–Trinajstić information content (AvgIpc) is 2.77. The number of hydrogen-bond donors (Lipinski definition) is 1. The number of benzene rings is 1. The molecule has 2 N–H and O–H groups in total. The van der Waals surface area contributed by atoms with E-state index in [9.17, 15) is 0 Å². The molecule has 0 amide bonds.